The first-order valence-electron chi connectivity index (χ1n) is 11.7. The third kappa shape index (κ3) is 7.99. The second-order valence-electron chi connectivity index (χ2n) is 8.38. The maximum absolute atomic E-state index is 13.8. The number of carbonyl (C=O) groups excluding carboxylic acids is 2. The smallest absolute Gasteiger partial charge is 0.243 e. The van der Waals surface area contributed by atoms with Gasteiger partial charge in [-0.15, -0.1) is 0 Å². The van der Waals surface area contributed by atoms with Gasteiger partial charge in [0.25, 0.3) is 0 Å². The summed E-state index contributed by atoms with van der Waals surface area (Å²) in [5.74, 6) is -0.436. The van der Waals surface area contributed by atoms with Crippen LogP contribution in [0.4, 0.5) is 0 Å². The van der Waals surface area contributed by atoms with Gasteiger partial charge in [-0.2, -0.15) is 0 Å². The first-order valence-corrected chi connectivity index (χ1v) is 12.8. The van der Waals surface area contributed by atoms with Gasteiger partial charge in [0.05, 0.1) is 6.42 Å². The van der Waals surface area contributed by atoms with Crippen LogP contribution in [0.25, 0.3) is 0 Å². The standard InChI is InChI=1S/C28H29Cl3N2O2/c1-2-3-15-32-28(35)26(17-20-9-5-4-6-10-20)33(19-21-11-7-12-22(29)16-21)27(34)18-23-24(30)13-8-14-25(23)31/h4-14,16,26H,2-3,15,17-19H2,1H3,(H,32,35)/t26-/m0/s1. The molecule has 0 heterocycles. The number of rotatable bonds is 11. The number of unbranched alkanes of at least 4 members (excludes halogenated alkanes) is 1. The molecule has 0 aliphatic rings. The zero-order valence-electron chi connectivity index (χ0n) is 19.6. The molecule has 0 aromatic heterocycles. The Bertz CT molecular complexity index is 1120. The lowest BCUT2D eigenvalue weighted by molar-refractivity contribution is -0.140. The molecule has 0 unspecified atom stereocenters. The monoisotopic (exact) mass is 530 g/mol. The topological polar surface area (TPSA) is 49.4 Å². The lowest BCUT2D eigenvalue weighted by Gasteiger charge is -2.32. The van der Waals surface area contributed by atoms with Crippen LogP contribution in [0.5, 0.6) is 0 Å². The Hall–Kier alpha value is -2.53. The van der Waals surface area contributed by atoms with E-state index in [1.54, 1.807) is 35.2 Å². The zero-order valence-corrected chi connectivity index (χ0v) is 21.9. The van der Waals surface area contributed by atoms with E-state index in [1.807, 2.05) is 42.5 Å². The Morgan fingerprint density at radius 2 is 1.54 bits per heavy atom. The van der Waals surface area contributed by atoms with Crippen molar-refractivity contribution in [3.8, 4) is 0 Å². The molecule has 0 bridgehead atoms. The molecule has 1 N–H and O–H groups in total. The van der Waals surface area contributed by atoms with Crippen molar-refractivity contribution in [2.75, 3.05) is 6.54 Å². The molecular weight excluding hydrogens is 503 g/mol. The van der Waals surface area contributed by atoms with Gasteiger partial charge in [0.1, 0.15) is 6.04 Å². The SMILES string of the molecule is CCCCNC(=O)[C@H](Cc1ccccc1)N(Cc1cccc(Cl)c1)C(=O)Cc1c(Cl)cccc1Cl. The average Bonchev–Trinajstić information content (AvgIpc) is 2.84. The molecule has 0 spiro atoms. The highest BCUT2D eigenvalue weighted by molar-refractivity contribution is 6.36. The summed E-state index contributed by atoms with van der Waals surface area (Å²) < 4.78 is 0. The second kappa shape index (κ2) is 13.5. The largest absolute Gasteiger partial charge is 0.354 e. The van der Waals surface area contributed by atoms with Gasteiger partial charge in [-0.05, 0) is 47.4 Å². The Labute approximate surface area is 222 Å². The molecule has 0 aliphatic heterocycles. The summed E-state index contributed by atoms with van der Waals surface area (Å²) in [6, 6.07) is 21.4. The highest BCUT2D eigenvalue weighted by atomic mass is 35.5. The van der Waals surface area contributed by atoms with E-state index >= 15 is 0 Å². The predicted octanol–water partition coefficient (Wildman–Crippen LogP) is 6.75. The van der Waals surface area contributed by atoms with E-state index in [4.69, 9.17) is 34.8 Å². The van der Waals surface area contributed by atoms with Gasteiger partial charge in [-0.1, -0.05) is 96.7 Å². The molecule has 7 heteroatoms. The minimum atomic E-state index is -0.720. The summed E-state index contributed by atoms with van der Waals surface area (Å²) in [7, 11) is 0. The summed E-state index contributed by atoms with van der Waals surface area (Å²) in [4.78, 5) is 28.8. The van der Waals surface area contributed by atoms with Crippen molar-refractivity contribution in [1.82, 2.24) is 10.2 Å². The molecule has 3 aromatic carbocycles. The Morgan fingerprint density at radius 1 is 0.886 bits per heavy atom. The normalized spacial score (nSPS) is 11.7. The van der Waals surface area contributed by atoms with Crippen LogP contribution in [-0.2, 0) is 29.0 Å². The van der Waals surface area contributed by atoms with Crippen LogP contribution in [0.1, 0.15) is 36.5 Å². The molecule has 0 radical (unpaired) electrons. The van der Waals surface area contributed by atoms with Gasteiger partial charge >= 0.3 is 0 Å². The van der Waals surface area contributed by atoms with Crippen LogP contribution in [0, 0.1) is 0 Å². The molecule has 3 rings (SSSR count). The van der Waals surface area contributed by atoms with Crippen LogP contribution in [0.2, 0.25) is 15.1 Å². The van der Waals surface area contributed by atoms with E-state index < -0.39 is 6.04 Å². The van der Waals surface area contributed by atoms with Crippen LogP contribution < -0.4 is 5.32 Å². The maximum atomic E-state index is 13.8. The van der Waals surface area contributed by atoms with E-state index in [0.717, 1.165) is 24.0 Å². The van der Waals surface area contributed by atoms with Crippen LogP contribution in [0.15, 0.2) is 72.8 Å². The van der Waals surface area contributed by atoms with E-state index in [0.29, 0.717) is 33.6 Å². The third-order valence-corrected chi connectivity index (χ3v) is 6.68. The van der Waals surface area contributed by atoms with Crippen LogP contribution >= 0.6 is 34.8 Å². The lowest BCUT2D eigenvalue weighted by atomic mass is 10.0. The van der Waals surface area contributed by atoms with Crippen molar-refractivity contribution in [3.63, 3.8) is 0 Å². The number of benzene rings is 3. The highest BCUT2D eigenvalue weighted by Crippen LogP contribution is 2.26. The molecule has 35 heavy (non-hydrogen) atoms. The van der Waals surface area contributed by atoms with Crippen molar-refractivity contribution in [1.29, 1.82) is 0 Å². The fraction of sp³-hybridized carbons (Fsp3) is 0.286. The zero-order chi connectivity index (χ0) is 25.2. The molecule has 0 saturated carbocycles. The van der Waals surface area contributed by atoms with Gasteiger partial charge in [0.15, 0.2) is 0 Å². The molecule has 0 saturated heterocycles. The molecule has 2 amide bonds. The molecular formula is C28H29Cl3N2O2. The van der Waals surface area contributed by atoms with E-state index in [9.17, 15) is 9.59 Å². The summed E-state index contributed by atoms with van der Waals surface area (Å²) in [6.07, 6.45) is 2.18. The van der Waals surface area contributed by atoms with Crippen molar-refractivity contribution < 1.29 is 9.59 Å². The molecule has 1 atom stereocenters. The summed E-state index contributed by atoms with van der Waals surface area (Å²) in [6.45, 7) is 2.84. The average molecular weight is 532 g/mol. The van der Waals surface area contributed by atoms with Crippen molar-refractivity contribution >= 4 is 46.6 Å². The van der Waals surface area contributed by atoms with Crippen molar-refractivity contribution in [3.05, 3.63) is 105 Å². The number of halogens is 3. The summed E-state index contributed by atoms with van der Waals surface area (Å²) in [5, 5.41) is 4.41. The number of nitrogens with one attached hydrogen (secondary N) is 1. The Morgan fingerprint density at radius 3 is 2.20 bits per heavy atom. The van der Waals surface area contributed by atoms with Gasteiger partial charge in [-0.3, -0.25) is 9.59 Å². The number of carbonyl (C=O) groups is 2. The van der Waals surface area contributed by atoms with E-state index in [2.05, 4.69) is 12.2 Å². The first kappa shape index (κ1) is 27.1. The molecule has 184 valence electrons. The van der Waals surface area contributed by atoms with Gasteiger partial charge in [-0.25, -0.2) is 0 Å². The fourth-order valence-corrected chi connectivity index (χ4v) is 4.59. The summed E-state index contributed by atoms with van der Waals surface area (Å²) in [5.41, 5.74) is 2.33. The molecule has 0 fully saturated rings. The van der Waals surface area contributed by atoms with Crippen LogP contribution in [0.3, 0.4) is 0 Å². The molecule has 3 aromatic rings. The van der Waals surface area contributed by atoms with Crippen LogP contribution in [-0.4, -0.2) is 29.3 Å². The lowest BCUT2D eigenvalue weighted by Crippen LogP contribution is -2.51. The van der Waals surface area contributed by atoms with E-state index in [1.165, 1.54) is 0 Å². The number of hydrogen-bond acceptors (Lipinski definition) is 2. The summed E-state index contributed by atoms with van der Waals surface area (Å²) >= 11 is 18.9. The Balaban J connectivity index is 1.98. The highest BCUT2D eigenvalue weighted by Gasteiger charge is 2.31. The molecule has 4 nitrogen and oxygen atoms in total. The van der Waals surface area contributed by atoms with Crippen molar-refractivity contribution in [2.24, 2.45) is 0 Å². The minimum absolute atomic E-state index is 0.0212. The number of nitrogens with zero attached hydrogens (tertiary/aromatic N) is 1. The van der Waals surface area contributed by atoms with Crippen molar-refractivity contribution in [2.45, 2.75) is 45.2 Å². The second-order valence-corrected chi connectivity index (χ2v) is 9.63. The quantitative estimate of drug-likeness (QED) is 0.278. The van der Waals surface area contributed by atoms with Gasteiger partial charge < -0.3 is 10.2 Å². The Kier molecular flexibility index (Phi) is 10.5. The minimum Gasteiger partial charge on any atom is -0.354 e. The van der Waals surface area contributed by atoms with Gasteiger partial charge in [0, 0.05) is 34.6 Å². The number of hydrogen-bond donors (Lipinski definition) is 1. The molecule has 0 aliphatic carbocycles. The van der Waals surface area contributed by atoms with Gasteiger partial charge in [0.2, 0.25) is 11.8 Å². The first-order chi connectivity index (χ1) is 16.9. The maximum Gasteiger partial charge on any atom is 0.243 e. The third-order valence-electron chi connectivity index (χ3n) is 5.73. The number of amides is 2. The van der Waals surface area contributed by atoms with E-state index in [-0.39, 0.29) is 24.8 Å². The fourth-order valence-electron chi connectivity index (χ4n) is 3.85. The predicted molar refractivity (Wildman–Crippen MR) is 144 cm³/mol.